The van der Waals surface area contributed by atoms with E-state index in [1.807, 2.05) is 19.1 Å². The zero-order valence-corrected chi connectivity index (χ0v) is 13.7. The summed E-state index contributed by atoms with van der Waals surface area (Å²) in [6.45, 7) is 7.88. The van der Waals surface area contributed by atoms with Gasteiger partial charge in [0.2, 0.25) is 0 Å². The lowest BCUT2D eigenvalue weighted by Crippen LogP contribution is -2.60. The van der Waals surface area contributed by atoms with Gasteiger partial charge in [-0.05, 0) is 19.4 Å². The summed E-state index contributed by atoms with van der Waals surface area (Å²) in [4.78, 5) is 0. The molecule has 1 aromatic carbocycles. The fourth-order valence-electron chi connectivity index (χ4n) is 3.07. The molecule has 21 heavy (non-hydrogen) atoms. The van der Waals surface area contributed by atoms with Gasteiger partial charge in [-0.15, -0.1) is 0 Å². The third-order valence-electron chi connectivity index (χ3n) is 4.57. The van der Waals surface area contributed by atoms with Gasteiger partial charge in [0.05, 0.1) is 19.8 Å². The second-order valence-electron chi connectivity index (χ2n) is 6.10. The van der Waals surface area contributed by atoms with Gasteiger partial charge >= 0.3 is 0 Å². The Kier molecular flexibility index (Phi) is 5.12. The van der Waals surface area contributed by atoms with Crippen molar-refractivity contribution in [1.29, 1.82) is 0 Å². The van der Waals surface area contributed by atoms with E-state index < -0.39 is 0 Å². The van der Waals surface area contributed by atoms with Crippen LogP contribution in [0.25, 0.3) is 0 Å². The van der Waals surface area contributed by atoms with E-state index in [1.165, 1.54) is 0 Å². The highest BCUT2D eigenvalue weighted by atomic mass is 16.5. The molecule has 0 amide bonds. The Balaban J connectivity index is 2.02. The molecule has 0 bridgehead atoms. The van der Waals surface area contributed by atoms with E-state index in [4.69, 9.17) is 14.2 Å². The molecule has 1 aliphatic rings. The maximum Gasteiger partial charge on any atom is 0.165 e. The summed E-state index contributed by atoms with van der Waals surface area (Å²) in [5.41, 5.74) is 1.29. The molecule has 0 aliphatic heterocycles. The first-order valence-electron chi connectivity index (χ1n) is 7.59. The van der Waals surface area contributed by atoms with E-state index in [2.05, 4.69) is 25.2 Å². The topological polar surface area (TPSA) is 39.7 Å². The molecular weight excluding hydrogens is 266 g/mol. The predicted octanol–water partition coefficient (Wildman–Crippen LogP) is 3.00. The van der Waals surface area contributed by atoms with Crippen LogP contribution in [0.4, 0.5) is 0 Å². The predicted molar refractivity (Wildman–Crippen MR) is 84.0 cm³/mol. The van der Waals surface area contributed by atoms with Gasteiger partial charge in [-0.25, -0.2) is 0 Å². The number of hydrogen-bond acceptors (Lipinski definition) is 4. The number of methoxy groups -OCH3 is 2. The van der Waals surface area contributed by atoms with Crippen molar-refractivity contribution in [2.75, 3.05) is 20.8 Å². The lowest BCUT2D eigenvalue weighted by molar-refractivity contribution is -0.0979. The number of para-hydroxylation sites is 1. The van der Waals surface area contributed by atoms with E-state index in [1.54, 1.807) is 14.2 Å². The molecule has 2 unspecified atom stereocenters. The van der Waals surface area contributed by atoms with Gasteiger partial charge in [0.15, 0.2) is 11.5 Å². The molecule has 1 N–H and O–H groups in total. The lowest BCUT2D eigenvalue weighted by Gasteiger charge is -2.51. The summed E-state index contributed by atoms with van der Waals surface area (Å²) in [7, 11) is 3.48. The fraction of sp³-hybridized carbons (Fsp3) is 0.647. The molecule has 0 aromatic heterocycles. The Bertz CT molecular complexity index is 473. The van der Waals surface area contributed by atoms with Crippen molar-refractivity contribution in [3.63, 3.8) is 0 Å². The van der Waals surface area contributed by atoms with Crippen LogP contribution in [-0.2, 0) is 11.3 Å². The minimum Gasteiger partial charge on any atom is -0.493 e. The van der Waals surface area contributed by atoms with Crippen LogP contribution >= 0.6 is 0 Å². The molecule has 1 aliphatic carbocycles. The molecule has 1 fully saturated rings. The molecule has 0 saturated heterocycles. The zero-order valence-electron chi connectivity index (χ0n) is 13.7. The first-order chi connectivity index (χ1) is 10.0. The van der Waals surface area contributed by atoms with Crippen molar-refractivity contribution in [2.45, 2.75) is 45.9 Å². The number of rotatable bonds is 7. The Labute approximate surface area is 127 Å². The van der Waals surface area contributed by atoms with Crippen molar-refractivity contribution in [3.05, 3.63) is 23.8 Å². The summed E-state index contributed by atoms with van der Waals surface area (Å²) >= 11 is 0. The third-order valence-corrected chi connectivity index (χ3v) is 4.57. The van der Waals surface area contributed by atoms with Crippen LogP contribution in [0, 0.1) is 5.41 Å². The lowest BCUT2D eigenvalue weighted by atomic mass is 9.64. The van der Waals surface area contributed by atoms with Gasteiger partial charge in [0.25, 0.3) is 0 Å². The number of benzene rings is 1. The van der Waals surface area contributed by atoms with E-state index in [-0.39, 0.29) is 5.41 Å². The van der Waals surface area contributed by atoms with E-state index in [0.29, 0.717) is 18.8 Å². The maximum atomic E-state index is 5.62. The van der Waals surface area contributed by atoms with Crippen LogP contribution in [0.15, 0.2) is 18.2 Å². The SMILES string of the molecule is CCOc1cccc(CNC2CC(OC)C2(C)C)c1OC. The normalized spacial score (nSPS) is 23.5. The molecule has 2 atom stereocenters. The summed E-state index contributed by atoms with van der Waals surface area (Å²) in [6.07, 6.45) is 1.39. The minimum absolute atomic E-state index is 0.166. The summed E-state index contributed by atoms with van der Waals surface area (Å²) < 4.78 is 16.6. The van der Waals surface area contributed by atoms with Crippen LogP contribution in [0.3, 0.4) is 0 Å². The molecule has 4 heteroatoms. The Morgan fingerprint density at radius 1 is 1.29 bits per heavy atom. The van der Waals surface area contributed by atoms with Gasteiger partial charge in [-0.2, -0.15) is 0 Å². The summed E-state index contributed by atoms with van der Waals surface area (Å²) in [5, 5.41) is 3.62. The average molecular weight is 293 g/mol. The van der Waals surface area contributed by atoms with Crippen molar-refractivity contribution >= 4 is 0 Å². The molecule has 0 heterocycles. The largest absolute Gasteiger partial charge is 0.493 e. The molecular formula is C17H27NO3. The van der Waals surface area contributed by atoms with Crippen LogP contribution < -0.4 is 14.8 Å². The van der Waals surface area contributed by atoms with Gasteiger partial charge in [-0.1, -0.05) is 26.0 Å². The van der Waals surface area contributed by atoms with Crippen LogP contribution in [0.5, 0.6) is 11.5 Å². The van der Waals surface area contributed by atoms with Crippen molar-refractivity contribution in [1.82, 2.24) is 5.32 Å². The number of hydrogen-bond donors (Lipinski definition) is 1. The second-order valence-corrected chi connectivity index (χ2v) is 6.10. The molecule has 2 rings (SSSR count). The highest BCUT2D eigenvalue weighted by Gasteiger charge is 2.48. The Hall–Kier alpha value is -1.26. The quantitative estimate of drug-likeness (QED) is 0.839. The smallest absolute Gasteiger partial charge is 0.165 e. The number of ether oxygens (including phenoxy) is 3. The van der Waals surface area contributed by atoms with Gasteiger partial charge in [-0.3, -0.25) is 0 Å². The van der Waals surface area contributed by atoms with Crippen molar-refractivity contribution in [3.8, 4) is 11.5 Å². The van der Waals surface area contributed by atoms with E-state index >= 15 is 0 Å². The molecule has 1 aromatic rings. The summed E-state index contributed by atoms with van der Waals surface area (Å²) in [6, 6.07) is 6.49. The Morgan fingerprint density at radius 2 is 2.05 bits per heavy atom. The van der Waals surface area contributed by atoms with Crippen LogP contribution in [0.1, 0.15) is 32.8 Å². The first kappa shape index (κ1) is 16.1. The summed E-state index contributed by atoms with van der Waals surface area (Å²) in [5.74, 6) is 1.63. The minimum atomic E-state index is 0.166. The molecule has 0 radical (unpaired) electrons. The molecule has 4 nitrogen and oxygen atoms in total. The Morgan fingerprint density at radius 3 is 2.62 bits per heavy atom. The van der Waals surface area contributed by atoms with Crippen LogP contribution in [0.2, 0.25) is 0 Å². The standard InChI is InChI=1S/C17H27NO3/c1-6-21-13-9-7-8-12(16(13)20-5)11-18-14-10-15(19-4)17(14,2)3/h7-9,14-15,18H,6,10-11H2,1-5H3. The van der Waals surface area contributed by atoms with Crippen molar-refractivity contribution in [2.24, 2.45) is 5.41 Å². The number of nitrogens with one attached hydrogen (secondary N) is 1. The highest BCUT2D eigenvalue weighted by molar-refractivity contribution is 5.46. The third kappa shape index (κ3) is 3.16. The monoisotopic (exact) mass is 293 g/mol. The van der Waals surface area contributed by atoms with Gasteiger partial charge < -0.3 is 19.5 Å². The van der Waals surface area contributed by atoms with Gasteiger partial charge in [0.1, 0.15) is 0 Å². The van der Waals surface area contributed by atoms with Crippen molar-refractivity contribution < 1.29 is 14.2 Å². The fourth-order valence-corrected chi connectivity index (χ4v) is 3.07. The zero-order chi connectivity index (χ0) is 15.5. The first-order valence-corrected chi connectivity index (χ1v) is 7.59. The maximum absolute atomic E-state index is 5.62. The molecule has 1 saturated carbocycles. The van der Waals surface area contributed by atoms with E-state index in [9.17, 15) is 0 Å². The van der Waals surface area contributed by atoms with E-state index in [0.717, 1.165) is 30.0 Å². The van der Waals surface area contributed by atoms with Crippen LogP contribution in [-0.4, -0.2) is 33.0 Å². The second kappa shape index (κ2) is 6.67. The van der Waals surface area contributed by atoms with Gasteiger partial charge in [0, 0.05) is 30.7 Å². The molecule has 0 spiro atoms. The average Bonchev–Trinajstić information content (AvgIpc) is 2.47. The highest BCUT2D eigenvalue weighted by Crippen LogP contribution is 2.42. The molecule has 118 valence electrons.